The van der Waals surface area contributed by atoms with Gasteiger partial charge in [0, 0.05) is 31.2 Å². The Morgan fingerprint density at radius 2 is 2.10 bits per heavy atom. The van der Waals surface area contributed by atoms with Gasteiger partial charge in [0.05, 0.1) is 10.2 Å². The third kappa shape index (κ3) is 3.56. The van der Waals surface area contributed by atoms with Gasteiger partial charge in [0.1, 0.15) is 0 Å². The van der Waals surface area contributed by atoms with Crippen LogP contribution in [0, 0.1) is 0 Å². The lowest BCUT2D eigenvalue weighted by Gasteiger charge is -2.03. The molecule has 0 spiro atoms. The zero-order chi connectivity index (χ0) is 13.6. The van der Waals surface area contributed by atoms with E-state index in [0.29, 0.717) is 0 Å². The number of nitrogens with one attached hydrogen (secondary N) is 1. The molecule has 5 heteroatoms. The van der Waals surface area contributed by atoms with Gasteiger partial charge in [0.15, 0.2) is 4.34 Å². The minimum Gasteiger partial charge on any atom is -0.312 e. The van der Waals surface area contributed by atoms with Gasteiger partial charge >= 0.3 is 0 Å². The summed E-state index contributed by atoms with van der Waals surface area (Å²) in [6.45, 7) is 1.84. The highest BCUT2D eigenvalue weighted by atomic mass is 32.2. The van der Waals surface area contributed by atoms with Crippen molar-refractivity contribution in [3.05, 3.63) is 54.4 Å². The molecular formula is C15H15N3S2. The van der Waals surface area contributed by atoms with Crippen LogP contribution in [0.15, 0.2) is 53.1 Å². The summed E-state index contributed by atoms with van der Waals surface area (Å²) >= 11 is 3.58. The van der Waals surface area contributed by atoms with Crippen molar-refractivity contribution in [2.24, 2.45) is 0 Å². The molecule has 0 aliphatic rings. The summed E-state index contributed by atoms with van der Waals surface area (Å²) < 4.78 is 2.41. The van der Waals surface area contributed by atoms with Crippen molar-refractivity contribution in [1.29, 1.82) is 0 Å². The maximum atomic E-state index is 4.61. The Kier molecular flexibility index (Phi) is 4.63. The fourth-order valence-corrected chi connectivity index (χ4v) is 3.89. The van der Waals surface area contributed by atoms with Gasteiger partial charge in [0.25, 0.3) is 0 Å². The van der Waals surface area contributed by atoms with E-state index in [1.54, 1.807) is 17.5 Å². The van der Waals surface area contributed by atoms with E-state index in [0.717, 1.165) is 28.7 Å². The van der Waals surface area contributed by atoms with Crippen molar-refractivity contribution in [3.8, 4) is 0 Å². The molecular weight excluding hydrogens is 286 g/mol. The molecule has 102 valence electrons. The van der Waals surface area contributed by atoms with Crippen LogP contribution in [0.1, 0.15) is 5.56 Å². The molecule has 0 amide bonds. The number of benzene rings is 1. The first-order chi connectivity index (χ1) is 9.92. The predicted molar refractivity (Wildman–Crippen MR) is 86.3 cm³/mol. The van der Waals surface area contributed by atoms with E-state index in [9.17, 15) is 0 Å². The van der Waals surface area contributed by atoms with Gasteiger partial charge in [-0.15, -0.1) is 11.3 Å². The molecule has 3 rings (SSSR count). The number of rotatable bonds is 6. The molecule has 0 atom stereocenters. The average Bonchev–Trinajstić information content (AvgIpc) is 2.90. The number of para-hydroxylation sites is 1. The zero-order valence-electron chi connectivity index (χ0n) is 11.0. The van der Waals surface area contributed by atoms with Crippen LogP contribution in [0.2, 0.25) is 0 Å². The summed E-state index contributed by atoms with van der Waals surface area (Å²) in [5.74, 6) is 1.03. The van der Waals surface area contributed by atoms with Crippen LogP contribution in [0.3, 0.4) is 0 Å². The Morgan fingerprint density at radius 3 is 2.95 bits per heavy atom. The van der Waals surface area contributed by atoms with Crippen LogP contribution in [0.5, 0.6) is 0 Å². The first-order valence-electron chi connectivity index (χ1n) is 6.50. The Balaban J connectivity index is 1.43. The summed E-state index contributed by atoms with van der Waals surface area (Å²) in [6.07, 6.45) is 3.69. The minimum atomic E-state index is 0.869. The Labute approximate surface area is 126 Å². The monoisotopic (exact) mass is 301 g/mol. The van der Waals surface area contributed by atoms with Crippen LogP contribution in [-0.4, -0.2) is 22.3 Å². The number of pyridine rings is 1. The first-order valence-corrected chi connectivity index (χ1v) is 8.30. The summed E-state index contributed by atoms with van der Waals surface area (Å²) in [5.41, 5.74) is 2.32. The van der Waals surface area contributed by atoms with Crippen LogP contribution in [0.4, 0.5) is 0 Å². The lowest BCUT2D eigenvalue weighted by Crippen LogP contribution is -2.16. The second kappa shape index (κ2) is 6.83. The third-order valence-corrected chi connectivity index (χ3v) is 5.01. The van der Waals surface area contributed by atoms with Crippen LogP contribution in [-0.2, 0) is 6.54 Å². The summed E-state index contributed by atoms with van der Waals surface area (Å²) in [6, 6.07) is 12.3. The largest absolute Gasteiger partial charge is 0.312 e. The van der Waals surface area contributed by atoms with Crippen LogP contribution in [0.25, 0.3) is 10.2 Å². The number of thioether (sulfide) groups is 1. The molecule has 1 N–H and O–H groups in total. The fourth-order valence-electron chi connectivity index (χ4n) is 1.86. The molecule has 3 aromatic rings. The van der Waals surface area contributed by atoms with Gasteiger partial charge < -0.3 is 5.32 Å². The predicted octanol–water partition coefficient (Wildman–Crippen LogP) is 3.57. The van der Waals surface area contributed by atoms with Gasteiger partial charge in [-0.05, 0) is 23.8 Å². The number of aromatic nitrogens is 2. The molecule has 0 fully saturated rings. The summed E-state index contributed by atoms with van der Waals surface area (Å²) in [5, 5.41) is 3.42. The highest BCUT2D eigenvalue weighted by Gasteiger charge is 2.02. The van der Waals surface area contributed by atoms with Gasteiger partial charge in [-0.25, -0.2) is 4.98 Å². The molecule has 0 aliphatic carbocycles. The average molecular weight is 301 g/mol. The van der Waals surface area contributed by atoms with E-state index >= 15 is 0 Å². The number of hydrogen-bond acceptors (Lipinski definition) is 5. The smallest absolute Gasteiger partial charge is 0.151 e. The molecule has 0 saturated heterocycles. The zero-order valence-corrected chi connectivity index (χ0v) is 12.6. The van der Waals surface area contributed by atoms with Crippen molar-refractivity contribution in [2.75, 3.05) is 12.3 Å². The first kappa shape index (κ1) is 13.5. The Hall–Kier alpha value is -1.43. The standard InChI is InChI=1S/C15H15N3S2/c1-2-6-14-13(5-1)18-15(20-14)19-9-8-17-11-12-4-3-7-16-10-12/h1-7,10,17H,8-9,11H2. The SMILES string of the molecule is c1cncc(CNCCSc2nc3ccccc3s2)c1. The fraction of sp³-hybridized carbons (Fsp3) is 0.200. The molecule has 0 bridgehead atoms. The summed E-state index contributed by atoms with van der Waals surface area (Å²) in [7, 11) is 0. The normalized spacial score (nSPS) is 11.0. The van der Waals surface area contributed by atoms with E-state index < -0.39 is 0 Å². The van der Waals surface area contributed by atoms with E-state index in [-0.39, 0.29) is 0 Å². The van der Waals surface area contributed by atoms with Crippen molar-refractivity contribution in [1.82, 2.24) is 15.3 Å². The van der Waals surface area contributed by atoms with E-state index in [2.05, 4.69) is 39.6 Å². The van der Waals surface area contributed by atoms with Crippen molar-refractivity contribution in [2.45, 2.75) is 10.9 Å². The molecule has 3 nitrogen and oxygen atoms in total. The molecule has 2 aromatic heterocycles. The lowest BCUT2D eigenvalue weighted by atomic mass is 10.3. The van der Waals surface area contributed by atoms with Crippen molar-refractivity contribution >= 4 is 33.3 Å². The van der Waals surface area contributed by atoms with Crippen LogP contribution < -0.4 is 5.32 Å². The van der Waals surface area contributed by atoms with Crippen molar-refractivity contribution in [3.63, 3.8) is 0 Å². The van der Waals surface area contributed by atoms with Gasteiger partial charge in [-0.1, -0.05) is 30.0 Å². The third-order valence-electron chi connectivity index (χ3n) is 2.83. The second-order valence-electron chi connectivity index (χ2n) is 4.33. The topological polar surface area (TPSA) is 37.8 Å². The molecule has 20 heavy (non-hydrogen) atoms. The van der Waals surface area contributed by atoms with Gasteiger partial charge in [-0.2, -0.15) is 0 Å². The van der Waals surface area contributed by atoms with Crippen LogP contribution >= 0.6 is 23.1 Å². The molecule has 0 radical (unpaired) electrons. The molecule has 0 unspecified atom stereocenters. The van der Waals surface area contributed by atoms with E-state index in [1.807, 2.05) is 30.1 Å². The molecule has 0 aliphatic heterocycles. The molecule has 0 saturated carbocycles. The Bertz CT molecular complexity index is 634. The number of hydrogen-bond donors (Lipinski definition) is 1. The molecule has 1 aromatic carbocycles. The maximum Gasteiger partial charge on any atom is 0.151 e. The van der Waals surface area contributed by atoms with Gasteiger partial charge in [0.2, 0.25) is 0 Å². The highest BCUT2D eigenvalue weighted by molar-refractivity contribution is 8.01. The highest BCUT2D eigenvalue weighted by Crippen LogP contribution is 2.28. The van der Waals surface area contributed by atoms with E-state index in [4.69, 9.17) is 0 Å². The van der Waals surface area contributed by atoms with Gasteiger partial charge in [-0.3, -0.25) is 4.98 Å². The maximum absolute atomic E-state index is 4.61. The van der Waals surface area contributed by atoms with E-state index in [1.165, 1.54) is 10.3 Å². The molecule has 2 heterocycles. The minimum absolute atomic E-state index is 0.869. The number of thiazole rings is 1. The Morgan fingerprint density at radius 1 is 1.15 bits per heavy atom. The summed E-state index contributed by atoms with van der Waals surface area (Å²) in [4.78, 5) is 8.71. The lowest BCUT2D eigenvalue weighted by molar-refractivity contribution is 0.729. The number of fused-ring (bicyclic) bond motifs is 1. The van der Waals surface area contributed by atoms with Crippen molar-refractivity contribution < 1.29 is 0 Å². The number of nitrogens with zero attached hydrogens (tertiary/aromatic N) is 2. The second-order valence-corrected chi connectivity index (χ2v) is 6.71. The quantitative estimate of drug-likeness (QED) is 0.558.